The van der Waals surface area contributed by atoms with Crippen LogP contribution in [0.2, 0.25) is 0 Å². The van der Waals surface area contributed by atoms with Crippen molar-refractivity contribution in [1.82, 2.24) is 4.57 Å². The molecule has 0 aliphatic rings. The van der Waals surface area contributed by atoms with Crippen LogP contribution >= 0.6 is 0 Å². The van der Waals surface area contributed by atoms with E-state index >= 15 is 0 Å². The van der Waals surface area contributed by atoms with Gasteiger partial charge in [0.05, 0.1) is 14.2 Å². The van der Waals surface area contributed by atoms with Crippen molar-refractivity contribution in [2.75, 3.05) is 19.5 Å². The number of fused-ring (bicyclic) bond motifs is 1. The number of anilines is 1. The fraction of sp³-hybridized carbons (Fsp3) is 0.235. The Morgan fingerprint density at radius 1 is 1.05 bits per heavy atom. The molecule has 1 aromatic heterocycles. The van der Waals surface area contributed by atoms with Gasteiger partial charge in [0.15, 0.2) is 0 Å². The van der Waals surface area contributed by atoms with E-state index in [1.807, 2.05) is 48.0 Å². The van der Waals surface area contributed by atoms with Gasteiger partial charge in [-0.05, 0) is 36.4 Å². The molecule has 0 aliphatic carbocycles. The van der Waals surface area contributed by atoms with Gasteiger partial charge >= 0.3 is 5.95 Å². The minimum absolute atomic E-state index is 0.551. The van der Waals surface area contributed by atoms with Crippen LogP contribution < -0.4 is 19.8 Å². The van der Waals surface area contributed by atoms with Gasteiger partial charge in [-0.1, -0.05) is 12.1 Å². The Kier molecular flexibility index (Phi) is 3.87. The molecule has 0 aliphatic heterocycles. The quantitative estimate of drug-likeness (QED) is 0.734. The maximum absolute atomic E-state index is 6.19. The molecule has 0 saturated carbocycles. The van der Waals surface area contributed by atoms with Crippen molar-refractivity contribution in [1.29, 1.82) is 0 Å². The minimum Gasteiger partial charge on any atom is -0.497 e. The summed E-state index contributed by atoms with van der Waals surface area (Å²) in [6.45, 7) is 1.24. The first-order valence-electron chi connectivity index (χ1n) is 7.20. The first-order valence-corrected chi connectivity index (χ1v) is 7.20. The molecule has 5 heteroatoms. The number of hydrogen-bond donors (Lipinski definition) is 1. The summed E-state index contributed by atoms with van der Waals surface area (Å²) < 4.78 is 15.0. The van der Waals surface area contributed by atoms with Gasteiger partial charge in [-0.3, -0.25) is 5.73 Å². The van der Waals surface area contributed by atoms with E-state index in [1.165, 1.54) is 0 Å². The van der Waals surface area contributed by atoms with Gasteiger partial charge in [0.1, 0.15) is 35.7 Å². The molecule has 3 aromatic rings. The molecule has 3 rings (SSSR count). The second-order valence-electron chi connectivity index (χ2n) is 5.08. The first kappa shape index (κ1) is 14.3. The Bertz CT molecular complexity index is 778. The minimum atomic E-state index is 0.551. The summed E-state index contributed by atoms with van der Waals surface area (Å²) in [5.41, 5.74) is 8.41. The highest BCUT2D eigenvalue weighted by Crippen LogP contribution is 2.18. The van der Waals surface area contributed by atoms with E-state index in [0.29, 0.717) is 13.2 Å². The maximum Gasteiger partial charge on any atom is 0.355 e. The van der Waals surface area contributed by atoms with Crippen molar-refractivity contribution in [2.45, 2.75) is 6.54 Å². The number of ether oxygens (including phenoxy) is 2. The zero-order valence-electron chi connectivity index (χ0n) is 12.8. The summed E-state index contributed by atoms with van der Waals surface area (Å²) in [4.78, 5) is 0. The number of aromatic nitrogens is 2. The van der Waals surface area contributed by atoms with Gasteiger partial charge < -0.3 is 9.47 Å². The first-order chi connectivity index (χ1) is 10.7. The molecule has 0 unspecified atom stereocenters. The molecule has 0 bridgehead atoms. The average Bonchev–Trinajstić information content (AvgIpc) is 2.81. The lowest BCUT2D eigenvalue weighted by Crippen LogP contribution is -2.31. The second kappa shape index (κ2) is 5.97. The molecule has 0 atom stereocenters. The summed E-state index contributed by atoms with van der Waals surface area (Å²) in [6.07, 6.45) is 0. The molecule has 2 N–H and O–H groups in total. The lowest BCUT2D eigenvalue weighted by Gasteiger charge is -2.07. The summed E-state index contributed by atoms with van der Waals surface area (Å²) in [7, 11) is 3.62. The molecule has 22 heavy (non-hydrogen) atoms. The monoisotopic (exact) mass is 298 g/mol. The van der Waals surface area contributed by atoms with Crippen LogP contribution in [-0.2, 0) is 13.6 Å². The van der Waals surface area contributed by atoms with E-state index < -0.39 is 0 Å². The van der Waals surface area contributed by atoms with Crippen LogP contribution in [0, 0.1) is 0 Å². The second-order valence-corrected chi connectivity index (χ2v) is 5.08. The van der Waals surface area contributed by atoms with Gasteiger partial charge in [-0.25, -0.2) is 9.13 Å². The smallest absolute Gasteiger partial charge is 0.355 e. The van der Waals surface area contributed by atoms with Gasteiger partial charge in [0.25, 0.3) is 0 Å². The van der Waals surface area contributed by atoms with Crippen LogP contribution in [0.1, 0.15) is 0 Å². The summed E-state index contributed by atoms with van der Waals surface area (Å²) in [5, 5.41) is 0. The molecule has 0 spiro atoms. The van der Waals surface area contributed by atoms with Crippen molar-refractivity contribution >= 4 is 17.0 Å². The molecule has 0 radical (unpaired) electrons. The van der Waals surface area contributed by atoms with Gasteiger partial charge in [-0.2, -0.15) is 0 Å². The number of rotatable bonds is 5. The maximum atomic E-state index is 6.19. The van der Waals surface area contributed by atoms with E-state index in [1.54, 1.807) is 7.11 Å². The van der Waals surface area contributed by atoms with E-state index in [-0.39, 0.29) is 0 Å². The summed E-state index contributed by atoms with van der Waals surface area (Å²) in [5.74, 6) is 2.36. The normalized spacial score (nSPS) is 10.8. The van der Waals surface area contributed by atoms with Crippen LogP contribution in [0.15, 0.2) is 48.5 Å². The van der Waals surface area contributed by atoms with Crippen molar-refractivity contribution in [3.05, 3.63) is 48.5 Å². The molecular weight excluding hydrogens is 278 g/mol. The third-order valence-electron chi connectivity index (χ3n) is 3.80. The Hall–Kier alpha value is -2.69. The number of benzene rings is 2. The number of aryl methyl sites for hydroxylation is 1. The summed E-state index contributed by atoms with van der Waals surface area (Å²) >= 11 is 0. The van der Waals surface area contributed by atoms with Crippen LogP contribution in [-0.4, -0.2) is 18.3 Å². The number of imidazole rings is 1. The van der Waals surface area contributed by atoms with E-state index in [4.69, 9.17) is 15.2 Å². The predicted octanol–water partition coefficient (Wildman–Crippen LogP) is 2.14. The zero-order chi connectivity index (χ0) is 15.5. The third-order valence-corrected chi connectivity index (χ3v) is 3.80. The standard InChI is InChI=1S/C17H19N3O2/c1-19-15-5-3-4-6-16(15)20(17(19)18)11-12-22-14-9-7-13(21-2)8-10-14/h3-10,18H,11-12H2,1-2H3/p+1. The van der Waals surface area contributed by atoms with Crippen LogP contribution in [0.3, 0.4) is 0 Å². The van der Waals surface area contributed by atoms with Gasteiger partial charge in [-0.15, -0.1) is 0 Å². The molecule has 0 saturated heterocycles. The third kappa shape index (κ3) is 2.57. The molecule has 1 heterocycles. The molecule has 2 aromatic carbocycles. The molecule has 5 nitrogen and oxygen atoms in total. The number of para-hydroxylation sites is 2. The van der Waals surface area contributed by atoms with Gasteiger partial charge in [0.2, 0.25) is 0 Å². The highest BCUT2D eigenvalue weighted by atomic mass is 16.5. The zero-order valence-corrected chi connectivity index (χ0v) is 12.8. The number of hydrogen-bond acceptors (Lipinski definition) is 3. The van der Waals surface area contributed by atoms with Crippen molar-refractivity contribution in [3.8, 4) is 11.5 Å². The summed E-state index contributed by atoms with van der Waals surface area (Å²) in [6, 6.07) is 15.7. The van der Waals surface area contributed by atoms with Crippen LogP contribution in [0.5, 0.6) is 11.5 Å². The number of nitrogen functional groups attached to an aromatic ring is 1. The highest BCUT2D eigenvalue weighted by Gasteiger charge is 2.17. The Morgan fingerprint density at radius 3 is 2.45 bits per heavy atom. The number of methoxy groups -OCH3 is 1. The molecule has 0 fully saturated rings. The van der Waals surface area contributed by atoms with E-state index in [9.17, 15) is 0 Å². The Labute approximate surface area is 129 Å². The molecule has 114 valence electrons. The van der Waals surface area contributed by atoms with E-state index in [0.717, 1.165) is 28.5 Å². The Balaban J connectivity index is 1.72. The fourth-order valence-electron chi connectivity index (χ4n) is 2.57. The SMILES string of the molecule is COc1ccc(OCCn2c(N)[n+](C)c3ccccc32)cc1. The topological polar surface area (TPSA) is 53.3 Å². The Morgan fingerprint density at radius 2 is 1.73 bits per heavy atom. The lowest BCUT2D eigenvalue weighted by molar-refractivity contribution is -0.630. The lowest BCUT2D eigenvalue weighted by atomic mass is 10.3. The van der Waals surface area contributed by atoms with Crippen LogP contribution in [0.4, 0.5) is 5.95 Å². The average molecular weight is 298 g/mol. The van der Waals surface area contributed by atoms with Gasteiger partial charge in [0, 0.05) is 0 Å². The molecule has 0 amide bonds. The van der Waals surface area contributed by atoms with E-state index in [2.05, 4.69) is 16.7 Å². The number of nitrogens with two attached hydrogens (primary N) is 1. The molecular formula is C17H20N3O2+. The van der Waals surface area contributed by atoms with Crippen molar-refractivity contribution < 1.29 is 14.0 Å². The number of nitrogens with zero attached hydrogens (tertiary/aromatic N) is 2. The van der Waals surface area contributed by atoms with Crippen LogP contribution in [0.25, 0.3) is 11.0 Å². The largest absolute Gasteiger partial charge is 0.497 e. The van der Waals surface area contributed by atoms with Crippen molar-refractivity contribution in [2.24, 2.45) is 7.05 Å². The fourth-order valence-corrected chi connectivity index (χ4v) is 2.57. The predicted molar refractivity (Wildman–Crippen MR) is 86.0 cm³/mol. The highest BCUT2D eigenvalue weighted by molar-refractivity contribution is 5.73. The van der Waals surface area contributed by atoms with Crippen molar-refractivity contribution in [3.63, 3.8) is 0 Å².